The third kappa shape index (κ3) is 3.09. The maximum absolute atomic E-state index is 12.9. The van der Waals surface area contributed by atoms with Gasteiger partial charge in [-0.2, -0.15) is 5.10 Å². The lowest BCUT2D eigenvalue weighted by Gasteiger charge is -2.61. The first-order chi connectivity index (χ1) is 11.6. The Morgan fingerprint density at radius 2 is 2.28 bits per heavy atom. The number of halogens is 1. The van der Waals surface area contributed by atoms with Crippen molar-refractivity contribution in [3.63, 3.8) is 0 Å². The number of amides is 1. The normalized spacial score (nSPS) is 32.6. The Hall–Kier alpha value is -1.11. The van der Waals surface area contributed by atoms with Crippen molar-refractivity contribution in [2.75, 3.05) is 19.7 Å². The molecule has 1 spiro atoms. The predicted molar refractivity (Wildman–Crippen MR) is 97.8 cm³/mol. The van der Waals surface area contributed by atoms with Crippen molar-refractivity contribution in [1.82, 2.24) is 20.4 Å². The van der Waals surface area contributed by atoms with Gasteiger partial charge in [-0.25, -0.2) is 0 Å². The standard InChI is InChI=1S/C18H28N4O2.ClH/c1-3-24-16-7-15(18(16)5-4-6-18)21-17(23)14-10-19-9-13(14)12-8-20-22(2)11-12;/h8,11,13-16,19H,3-7,9-10H2,1-2H3,(H,21,23);1H/t13-,14+,15?,16?;/m1./s1. The average molecular weight is 369 g/mol. The fourth-order valence-corrected chi connectivity index (χ4v) is 4.86. The number of hydrogen-bond donors (Lipinski definition) is 2. The maximum Gasteiger partial charge on any atom is 0.225 e. The second kappa shape index (κ2) is 7.25. The van der Waals surface area contributed by atoms with Gasteiger partial charge in [0.15, 0.2) is 0 Å². The van der Waals surface area contributed by atoms with Gasteiger partial charge in [0, 0.05) is 50.3 Å². The van der Waals surface area contributed by atoms with Crippen LogP contribution in [0.3, 0.4) is 0 Å². The highest BCUT2D eigenvalue weighted by Crippen LogP contribution is 2.57. The van der Waals surface area contributed by atoms with E-state index in [-0.39, 0.29) is 35.6 Å². The highest BCUT2D eigenvalue weighted by atomic mass is 35.5. The number of hydrogen-bond acceptors (Lipinski definition) is 4. The van der Waals surface area contributed by atoms with Gasteiger partial charge in [0.1, 0.15) is 0 Å². The van der Waals surface area contributed by atoms with E-state index in [1.165, 1.54) is 19.3 Å². The number of nitrogens with one attached hydrogen (secondary N) is 2. The quantitative estimate of drug-likeness (QED) is 0.828. The zero-order chi connectivity index (χ0) is 16.7. The summed E-state index contributed by atoms with van der Waals surface area (Å²) in [5, 5.41) is 11.0. The van der Waals surface area contributed by atoms with Crippen molar-refractivity contribution in [2.45, 2.75) is 50.7 Å². The van der Waals surface area contributed by atoms with Gasteiger partial charge in [0.05, 0.1) is 18.2 Å². The molecule has 140 valence electrons. The Morgan fingerprint density at radius 1 is 1.48 bits per heavy atom. The number of carbonyl (C=O) groups excluding carboxylic acids is 1. The van der Waals surface area contributed by atoms with Gasteiger partial charge in [-0.05, 0) is 31.7 Å². The second-order valence-corrected chi connectivity index (χ2v) is 7.65. The van der Waals surface area contributed by atoms with Gasteiger partial charge < -0.3 is 15.4 Å². The topological polar surface area (TPSA) is 68.2 Å². The molecule has 0 aromatic carbocycles. The lowest BCUT2D eigenvalue weighted by Crippen LogP contribution is -2.68. The molecule has 1 aromatic rings. The van der Waals surface area contributed by atoms with E-state index in [2.05, 4.69) is 22.7 Å². The summed E-state index contributed by atoms with van der Waals surface area (Å²) in [5.41, 5.74) is 1.38. The number of rotatable bonds is 5. The number of aryl methyl sites for hydroxylation is 1. The van der Waals surface area contributed by atoms with E-state index in [1.54, 1.807) is 0 Å². The molecule has 1 amide bonds. The summed E-state index contributed by atoms with van der Waals surface area (Å²) < 4.78 is 7.70. The lowest BCUT2D eigenvalue weighted by atomic mass is 9.51. The van der Waals surface area contributed by atoms with Crippen molar-refractivity contribution < 1.29 is 9.53 Å². The summed E-state index contributed by atoms with van der Waals surface area (Å²) in [6, 6.07) is 0.297. The number of nitrogens with zero attached hydrogens (tertiary/aromatic N) is 2. The summed E-state index contributed by atoms with van der Waals surface area (Å²) in [6.45, 7) is 4.42. The van der Waals surface area contributed by atoms with Crippen LogP contribution in [-0.2, 0) is 16.6 Å². The van der Waals surface area contributed by atoms with E-state index in [1.807, 2.05) is 24.1 Å². The molecule has 6 nitrogen and oxygen atoms in total. The van der Waals surface area contributed by atoms with Crippen molar-refractivity contribution in [1.29, 1.82) is 0 Å². The Bertz CT molecular complexity index is 616. The van der Waals surface area contributed by atoms with Crippen molar-refractivity contribution in [3.05, 3.63) is 18.0 Å². The zero-order valence-corrected chi connectivity index (χ0v) is 15.8. The van der Waals surface area contributed by atoms with Crippen molar-refractivity contribution in [2.24, 2.45) is 18.4 Å². The average Bonchev–Trinajstić information content (AvgIpc) is 3.12. The number of aromatic nitrogens is 2. The largest absolute Gasteiger partial charge is 0.378 e. The fraction of sp³-hybridized carbons (Fsp3) is 0.778. The lowest BCUT2D eigenvalue weighted by molar-refractivity contribution is -0.176. The van der Waals surface area contributed by atoms with Crippen molar-refractivity contribution >= 4 is 18.3 Å². The molecule has 1 aliphatic heterocycles. The number of ether oxygens (including phenoxy) is 1. The highest BCUT2D eigenvalue weighted by Gasteiger charge is 2.59. The molecule has 0 bridgehead atoms. The summed E-state index contributed by atoms with van der Waals surface area (Å²) >= 11 is 0. The van der Waals surface area contributed by atoms with Crippen LogP contribution < -0.4 is 10.6 Å². The van der Waals surface area contributed by atoms with Gasteiger partial charge in [-0.1, -0.05) is 6.42 Å². The molecule has 4 rings (SSSR count). The molecule has 2 aliphatic carbocycles. The minimum Gasteiger partial charge on any atom is -0.378 e. The summed E-state index contributed by atoms with van der Waals surface area (Å²) in [7, 11) is 1.92. The molecule has 1 saturated heterocycles. The molecule has 3 aliphatic rings. The SMILES string of the molecule is CCOC1CC(NC(=O)[C@H]2CNC[C@@H]2c2cnn(C)c2)C12CCC2.Cl. The van der Waals surface area contributed by atoms with Crippen LogP contribution in [0.2, 0.25) is 0 Å². The number of carbonyl (C=O) groups is 1. The minimum absolute atomic E-state index is 0. The van der Waals surface area contributed by atoms with E-state index in [0.29, 0.717) is 12.1 Å². The van der Waals surface area contributed by atoms with E-state index < -0.39 is 0 Å². The molecule has 2 saturated carbocycles. The first-order valence-electron chi connectivity index (χ1n) is 9.25. The zero-order valence-electron chi connectivity index (χ0n) is 15.0. The second-order valence-electron chi connectivity index (χ2n) is 7.65. The van der Waals surface area contributed by atoms with Gasteiger partial charge in [-0.15, -0.1) is 12.4 Å². The first-order valence-corrected chi connectivity index (χ1v) is 9.25. The molecule has 2 N–H and O–H groups in total. The first kappa shape index (κ1) is 18.7. The van der Waals surface area contributed by atoms with E-state index in [4.69, 9.17) is 4.74 Å². The van der Waals surface area contributed by atoms with Crippen LogP contribution in [0.25, 0.3) is 0 Å². The molecule has 3 fully saturated rings. The van der Waals surface area contributed by atoms with Crippen LogP contribution in [0, 0.1) is 11.3 Å². The summed E-state index contributed by atoms with van der Waals surface area (Å²) in [4.78, 5) is 12.9. The molecule has 25 heavy (non-hydrogen) atoms. The monoisotopic (exact) mass is 368 g/mol. The Kier molecular flexibility index (Phi) is 5.42. The molecule has 2 heterocycles. The van der Waals surface area contributed by atoms with E-state index in [9.17, 15) is 4.79 Å². The molecule has 7 heteroatoms. The van der Waals surface area contributed by atoms with Crippen LogP contribution in [0.4, 0.5) is 0 Å². The third-order valence-corrected chi connectivity index (χ3v) is 6.46. The van der Waals surface area contributed by atoms with Crippen LogP contribution in [0.15, 0.2) is 12.4 Å². The molecule has 2 unspecified atom stereocenters. The van der Waals surface area contributed by atoms with Gasteiger partial charge in [0.2, 0.25) is 5.91 Å². The molecular formula is C18H29ClN4O2. The molecule has 4 atom stereocenters. The van der Waals surface area contributed by atoms with Gasteiger partial charge in [0.25, 0.3) is 0 Å². The predicted octanol–water partition coefficient (Wildman–Crippen LogP) is 1.61. The van der Waals surface area contributed by atoms with E-state index >= 15 is 0 Å². The van der Waals surface area contributed by atoms with Crippen LogP contribution in [0.1, 0.15) is 44.1 Å². The van der Waals surface area contributed by atoms with Gasteiger partial charge >= 0.3 is 0 Å². The Labute approximate surface area is 155 Å². The maximum atomic E-state index is 12.9. The van der Waals surface area contributed by atoms with Crippen LogP contribution in [0.5, 0.6) is 0 Å². The summed E-state index contributed by atoms with van der Waals surface area (Å²) in [5.74, 6) is 0.413. The van der Waals surface area contributed by atoms with E-state index in [0.717, 1.165) is 31.7 Å². The highest BCUT2D eigenvalue weighted by molar-refractivity contribution is 5.85. The minimum atomic E-state index is -0.00234. The third-order valence-electron chi connectivity index (χ3n) is 6.46. The smallest absolute Gasteiger partial charge is 0.225 e. The molecule has 1 aromatic heterocycles. The Morgan fingerprint density at radius 3 is 2.88 bits per heavy atom. The van der Waals surface area contributed by atoms with Crippen LogP contribution in [-0.4, -0.2) is 47.5 Å². The Balaban J connectivity index is 0.00000182. The van der Waals surface area contributed by atoms with Crippen molar-refractivity contribution in [3.8, 4) is 0 Å². The summed E-state index contributed by atoms with van der Waals surface area (Å²) in [6.07, 6.45) is 8.88. The van der Waals surface area contributed by atoms with Gasteiger partial charge in [-0.3, -0.25) is 9.48 Å². The fourth-order valence-electron chi connectivity index (χ4n) is 4.86. The molecular weight excluding hydrogens is 340 g/mol. The molecule has 0 radical (unpaired) electrons. The van der Waals surface area contributed by atoms with Crippen LogP contribution >= 0.6 is 12.4 Å².